The molecule has 1 saturated heterocycles. The van der Waals surface area contributed by atoms with Crippen molar-refractivity contribution >= 4 is 40.6 Å². The van der Waals surface area contributed by atoms with Crippen LogP contribution < -0.4 is 9.47 Å². The summed E-state index contributed by atoms with van der Waals surface area (Å²) in [5.74, 6) is 1.16. The molecule has 0 spiro atoms. The van der Waals surface area contributed by atoms with Crippen molar-refractivity contribution in [2.45, 2.75) is 52.1 Å². The molecule has 0 radical (unpaired) electrons. The van der Waals surface area contributed by atoms with Gasteiger partial charge in [-0.3, -0.25) is 14.5 Å². The molecule has 152 valence electrons. The third kappa shape index (κ3) is 4.84. The van der Waals surface area contributed by atoms with Crippen molar-refractivity contribution < 1.29 is 19.1 Å². The maximum absolute atomic E-state index is 12.8. The molecule has 0 atom stereocenters. The average Bonchev–Trinajstić information content (AvgIpc) is 2.91. The molecule has 0 bridgehead atoms. The van der Waals surface area contributed by atoms with Crippen molar-refractivity contribution in [3.8, 4) is 11.5 Å². The molecule has 1 aromatic rings. The summed E-state index contributed by atoms with van der Waals surface area (Å²) in [5.41, 5.74) is 0.695. The van der Waals surface area contributed by atoms with Crippen LogP contribution in [0, 0.1) is 5.92 Å². The summed E-state index contributed by atoms with van der Waals surface area (Å²) in [4.78, 5) is 27.0. The van der Waals surface area contributed by atoms with E-state index in [-0.39, 0.29) is 17.3 Å². The highest BCUT2D eigenvalue weighted by Gasteiger charge is 2.36. The molecule has 2 fully saturated rings. The van der Waals surface area contributed by atoms with Crippen LogP contribution in [0.15, 0.2) is 17.0 Å². The molecule has 1 aliphatic carbocycles. The van der Waals surface area contributed by atoms with Gasteiger partial charge in [0.05, 0.1) is 23.1 Å². The summed E-state index contributed by atoms with van der Waals surface area (Å²) in [5, 5.41) is 0.209. The Hall–Kier alpha value is -1.66. The van der Waals surface area contributed by atoms with E-state index < -0.39 is 0 Å². The van der Waals surface area contributed by atoms with Crippen molar-refractivity contribution in [2.24, 2.45) is 5.92 Å². The molecule has 0 N–H and O–H groups in total. The Balaban J connectivity index is 1.80. The second kappa shape index (κ2) is 9.23. The zero-order chi connectivity index (χ0) is 20.3. The SMILES string of the molecule is COc1cc(/C=C2/SC(=O)N(CC3CCCCC3)C2=O)cc(Cl)c1OC(C)C. The molecular formula is C21H26ClNO4S. The van der Waals surface area contributed by atoms with Crippen LogP contribution in [0.5, 0.6) is 11.5 Å². The van der Waals surface area contributed by atoms with Gasteiger partial charge in [-0.2, -0.15) is 0 Å². The zero-order valence-corrected chi connectivity index (χ0v) is 18.1. The van der Waals surface area contributed by atoms with Gasteiger partial charge < -0.3 is 9.47 Å². The van der Waals surface area contributed by atoms with E-state index in [1.165, 1.54) is 24.2 Å². The lowest BCUT2D eigenvalue weighted by atomic mass is 9.89. The summed E-state index contributed by atoms with van der Waals surface area (Å²) in [6.07, 6.45) is 7.43. The third-order valence-corrected chi connectivity index (χ3v) is 6.13. The number of methoxy groups -OCH3 is 1. The first kappa shape index (κ1) is 21.1. The first-order chi connectivity index (χ1) is 13.4. The number of carbonyl (C=O) groups is 2. The summed E-state index contributed by atoms with van der Waals surface area (Å²) >= 11 is 7.34. The number of imide groups is 1. The number of benzene rings is 1. The van der Waals surface area contributed by atoms with Crippen molar-refractivity contribution in [3.05, 3.63) is 27.6 Å². The molecule has 1 saturated carbocycles. The third-order valence-electron chi connectivity index (χ3n) is 4.94. The summed E-state index contributed by atoms with van der Waals surface area (Å²) in [7, 11) is 1.54. The van der Waals surface area contributed by atoms with E-state index in [1.54, 1.807) is 25.3 Å². The van der Waals surface area contributed by atoms with Crippen LogP contribution in [0.3, 0.4) is 0 Å². The van der Waals surface area contributed by atoms with Crippen molar-refractivity contribution in [3.63, 3.8) is 0 Å². The van der Waals surface area contributed by atoms with E-state index in [0.717, 1.165) is 24.6 Å². The van der Waals surface area contributed by atoms with Gasteiger partial charge in [-0.05, 0) is 68.1 Å². The molecule has 2 aliphatic rings. The van der Waals surface area contributed by atoms with Crippen molar-refractivity contribution in [2.75, 3.05) is 13.7 Å². The number of carbonyl (C=O) groups excluding carboxylic acids is 2. The van der Waals surface area contributed by atoms with E-state index in [1.807, 2.05) is 13.8 Å². The lowest BCUT2D eigenvalue weighted by molar-refractivity contribution is -0.123. The lowest BCUT2D eigenvalue weighted by Gasteiger charge is -2.25. The Morgan fingerprint density at radius 1 is 1.25 bits per heavy atom. The molecule has 0 aromatic heterocycles. The number of hydrogen-bond donors (Lipinski definition) is 0. The first-order valence-electron chi connectivity index (χ1n) is 9.68. The normalized spacial score (nSPS) is 19.8. The van der Waals surface area contributed by atoms with E-state index in [9.17, 15) is 9.59 Å². The van der Waals surface area contributed by atoms with Crippen LogP contribution in [-0.4, -0.2) is 35.8 Å². The minimum atomic E-state index is -0.224. The quantitative estimate of drug-likeness (QED) is 0.545. The molecule has 2 amide bonds. The van der Waals surface area contributed by atoms with E-state index in [0.29, 0.717) is 39.5 Å². The average molecular weight is 424 g/mol. The molecule has 1 aromatic carbocycles. The molecule has 0 unspecified atom stereocenters. The van der Waals surface area contributed by atoms with E-state index >= 15 is 0 Å². The number of thioether (sulfide) groups is 1. The lowest BCUT2D eigenvalue weighted by Crippen LogP contribution is -2.34. The highest BCUT2D eigenvalue weighted by atomic mass is 35.5. The zero-order valence-electron chi connectivity index (χ0n) is 16.5. The van der Waals surface area contributed by atoms with Crippen LogP contribution in [0.25, 0.3) is 6.08 Å². The van der Waals surface area contributed by atoms with Crippen LogP contribution in [0.4, 0.5) is 4.79 Å². The highest BCUT2D eigenvalue weighted by molar-refractivity contribution is 8.18. The van der Waals surface area contributed by atoms with Gasteiger partial charge >= 0.3 is 0 Å². The van der Waals surface area contributed by atoms with Gasteiger partial charge in [0.15, 0.2) is 11.5 Å². The number of rotatable bonds is 6. The van der Waals surface area contributed by atoms with Crippen molar-refractivity contribution in [1.29, 1.82) is 0 Å². The minimum Gasteiger partial charge on any atom is -0.493 e. The van der Waals surface area contributed by atoms with Gasteiger partial charge in [0.2, 0.25) is 0 Å². The Morgan fingerprint density at radius 3 is 2.61 bits per heavy atom. The van der Waals surface area contributed by atoms with Crippen LogP contribution in [0.2, 0.25) is 5.02 Å². The maximum Gasteiger partial charge on any atom is 0.293 e. The topological polar surface area (TPSA) is 55.8 Å². The number of amides is 2. The Kier molecular flexibility index (Phi) is 6.94. The Labute approximate surface area is 175 Å². The number of hydrogen-bond acceptors (Lipinski definition) is 5. The summed E-state index contributed by atoms with van der Waals surface area (Å²) in [6, 6.07) is 3.48. The van der Waals surface area contributed by atoms with Crippen LogP contribution in [-0.2, 0) is 4.79 Å². The summed E-state index contributed by atoms with van der Waals surface area (Å²) in [6.45, 7) is 4.34. The monoisotopic (exact) mass is 423 g/mol. The Morgan fingerprint density at radius 2 is 1.96 bits per heavy atom. The van der Waals surface area contributed by atoms with E-state index in [2.05, 4.69) is 0 Å². The largest absolute Gasteiger partial charge is 0.493 e. The number of nitrogens with zero attached hydrogens (tertiary/aromatic N) is 1. The molecule has 1 aliphatic heterocycles. The molecule has 5 nitrogen and oxygen atoms in total. The van der Waals surface area contributed by atoms with Gasteiger partial charge in [0.25, 0.3) is 11.1 Å². The fourth-order valence-corrected chi connectivity index (χ4v) is 4.72. The van der Waals surface area contributed by atoms with Gasteiger partial charge in [-0.1, -0.05) is 30.9 Å². The van der Waals surface area contributed by atoms with E-state index in [4.69, 9.17) is 21.1 Å². The standard InChI is InChI=1S/C21H26ClNO4S/c1-13(2)27-19-16(22)9-15(10-17(19)26-3)11-18-20(24)23(21(25)28-18)12-14-7-5-4-6-8-14/h9-11,13-14H,4-8,12H2,1-3H3/b18-11+. The smallest absolute Gasteiger partial charge is 0.293 e. The first-order valence-corrected chi connectivity index (χ1v) is 10.9. The van der Waals surface area contributed by atoms with Crippen LogP contribution >= 0.6 is 23.4 Å². The van der Waals surface area contributed by atoms with Gasteiger partial charge in [0.1, 0.15) is 0 Å². The van der Waals surface area contributed by atoms with Crippen molar-refractivity contribution in [1.82, 2.24) is 4.90 Å². The second-order valence-corrected chi connectivity index (χ2v) is 8.90. The second-order valence-electron chi connectivity index (χ2n) is 7.50. The number of halogens is 1. The molecule has 28 heavy (non-hydrogen) atoms. The molecule has 3 rings (SSSR count). The van der Waals surface area contributed by atoms with Gasteiger partial charge in [0, 0.05) is 6.54 Å². The maximum atomic E-state index is 12.8. The predicted octanol–water partition coefficient (Wildman–Crippen LogP) is 5.75. The van der Waals surface area contributed by atoms with Gasteiger partial charge in [-0.15, -0.1) is 0 Å². The number of ether oxygens (including phenoxy) is 2. The predicted molar refractivity (Wildman–Crippen MR) is 113 cm³/mol. The molecule has 1 heterocycles. The fraction of sp³-hybridized carbons (Fsp3) is 0.524. The summed E-state index contributed by atoms with van der Waals surface area (Å²) < 4.78 is 11.1. The molecular weight excluding hydrogens is 398 g/mol. The minimum absolute atomic E-state index is 0.0477. The van der Waals surface area contributed by atoms with Gasteiger partial charge in [-0.25, -0.2) is 0 Å². The van der Waals surface area contributed by atoms with Crippen LogP contribution in [0.1, 0.15) is 51.5 Å². The molecule has 7 heteroatoms. The Bertz CT molecular complexity index is 787. The fourth-order valence-electron chi connectivity index (χ4n) is 3.61. The highest BCUT2D eigenvalue weighted by Crippen LogP contribution is 2.40.